The summed E-state index contributed by atoms with van der Waals surface area (Å²) < 4.78 is 29.6. The van der Waals surface area contributed by atoms with E-state index in [1.807, 2.05) is 0 Å². The van der Waals surface area contributed by atoms with Gasteiger partial charge in [0.1, 0.15) is 5.75 Å². The first-order chi connectivity index (χ1) is 13.0. The van der Waals surface area contributed by atoms with Gasteiger partial charge >= 0.3 is 0 Å². The van der Waals surface area contributed by atoms with Gasteiger partial charge in [0.2, 0.25) is 10.0 Å². The van der Waals surface area contributed by atoms with Crippen LogP contribution in [-0.4, -0.2) is 30.7 Å². The van der Waals surface area contributed by atoms with Crippen molar-refractivity contribution in [1.82, 2.24) is 5.32 Å². The minimum absolute atomic E-state index is 0.0213. The summed E-state index contributed by atoms with van der Waals surface area (Å²) in [4.78, 5) is 13.0. The van der Waals surface area contributed by atoms with Crippen LogP contribution in [0.25, 0.3) is 0 Å². The first-order valence-corrected chi connectivity index (χ1v) is 11.7. The first-order valence-electron chi connectivity index (χ1n) is 9.77. The molecule has 1 amide bonds. The Morgan fingerprint density at radius 3 is 2.29 bits per heavy atom. The number of halogens is 1. The normalized spacial score (nSPS) is 34.3. The third-order valence-electron chi connectivity index (χ3n) is 6.85. The SMILES string of the molecule is CC(C)(Oc1ccc(Cl)cc1)C(=O)NC1C2CC3CC1CC(S(N)(=O)=O)(C3)C2. The van der Waals surface area contributed by atoms with Crippen molar-refractivity contribution in [3.05, 3.63) is 29.3 Å². The second-order valence-corrected chi connectivity index (χ2v) is 11.7. The van der Waals surface area contributed by atoms with Crippen LogP contribution in [0.1, 0.15) is 46.0 Å². The average Bonchev–Trinajstić information content (AvgIpc) is 2.58. The van der Waals surface area contributed by atoms with Gasteiger partial charge < -0.3 is 10.1 Å². The molecular formula is C20H27ClN2O4S. The molecule has 4 saturated carbocycles. The maximum atomic E-state index is 13.0. The number of benzene rings is 1. The van der Waals surface area contributed by atoms with Crippen molar-refractivity contribution < 1.29 is 17.9 Å². The Labute approximate surface area is 171 Å². The zero-order valence-corrected chi connectivity index (χ0v) is 17.7. The monoisotopic (exact) mass is 426 g/mol. The van der Waals surface area contributed by atoms with Gasteiger partial charge in [0.25, 0.3) is 5.91 Å². The lowest BCUT2D eigenvalue weighted by Crippen LogP contribution is -2.66. The van der Waals surface area contributed by atoms with Crippen molar-refractivity contribution >= 4 is 27.5 Å². The molecule has 8 heteroatoms. The van der Waals surface area contributed by atoms with Gasteiger partial charge in [-0.25, -0.2) is 13.6 Å². The van der Waals surface area contributed by atoms with E-state index in [-0.39, 0.29) is 23.8 Å². The number of carbonyl (C=O) groups excluding carboxylic acids is 1. The van der Waals surface area contributed by atoms with Crippen LogP contribution in [-0.2, 0) is 14.8 Å². The zero-order chi connectivity index (χ0) is 20.3. The van der Waals surface area contributed by atoms with Gasteiger partial charge in [-0.2, -0.15) is 0 Å². The number of sulfonamides is 1. The fourth-order valence-electron chi connectivity index (χ4n) is 5.70. The molecule has 2 atom stereocenters. The van der Waals surface area contributed by atoms with Crippen LogP contribution < -0.4 is 15.2 Å². The van der Waals surface area contributed by atoms with Gasteiger partial charge in [-0.15, -0.1) is 0 Å². The minimum atomic E-state index is -3.59. The number of amides is 1. The van der Waals surface area contributed by atoms with Gasteiger partial charge in [-0.05, 0) is 88.0 Å². The van der Waals surface area contributed by atoms with E-state index in [0.717, 1.165) is 12.8 Å². The molecule has 1 aromatic carbocycles. The molecule has 2 unspecified atom stereocenters. The number of nitrogens with two attached hydrogens (primary N) is 1. The Bertz CT molecular complexity index is 868. The summed E-state index contributed by atoms with van der Waals surface area (Å²) in [6.07, 6.45) is 3.67. The molecule has 0 heterocycles. The third kappa shape index (κ3) is 3.42. The molecular weight excluding hydrogens is 400 g/mol. The smallest absolute Gasteiger partial charge is 0.263 e. The molecule has 0 aromatic heterocycles. The van der Waals surface area contributed by atoms with Crippen LogP contribution in [0.15, 0.2) is 24.3 Å². The Hall–Kier alpha value is -1.31. The summed E-state index contributed by atoms with van der Waals surface area (Å²) in [6.45, 7) is 3.47. The van der Waals surface area contributed by atoms with Gasteiger partial charge in [-0.1, -0.05) is 11.6 Å². The lowest BCUT2D eigenvalue weighted by Gasteiger charge is -2.59. The summed E-state index contributed by atoms with van der Waals surface area (Å²) in [5.74, 6) is 1.08. The average molecular weight is 427 g/mol. The summed E-state index contributed by atoms with van der Waals surface area (Å²) >= 11 is 5.90. The van der Waals surface area contributed by atoms with Crippen LogP contribution >= 0.6 is 11.6 Å². The molecule has 6 nitrogen and oxygen atoms in total. The standard InChI is InChI=1S/C20H27ClN2O4S/c1-19(2,27-16-5-3-15(21)4-6-16)18(24)23-17-13-7-12-8-14(17)11-20(9-12,10-13)28(22,25)26/h3-6,12-14,17H,7-11H2,1-2H3,(H,23,24)(H2,22,25,26). The number of nitrogens with one attached hydrogen (secondary N) is 1. The van der Waals surface area contributed by atoms with Crippen molar-refractivity contribution in [2.24, 2.45) is 22.9 Å². The van der Waals surface area contributed by atoms with Crippen molar-refractivity contribution in [1.29, 1.82) is 0 Å². The van der Waals surface area contributed by atoms with E-state index >= 15 is 0 Å². The summed E-state index contributed by atoms with van der Waals surface area (Å²) in [5.41, 5.74) is -1.06. The van der Waals surface area contributed by atoms with Crippen molar-refractivity contribution in [3.63, 3.8) is 0 Å². The topological polar surface area (TPSA) is 98.5 Å². The minimum Gasteiger partial charge on any atom is -0.478 e. The van der Waals surface area contributed by atoms with E-state index in [0.29, 0.717) is 36.0 Å². The summed E-state index contributed by atoms with van der Waals surface area (Å²) in [7, 11) is -3.59. The molecule has 4 aliphatic rings. The molecule has 1 aromatic rings. The molecule has 4 bridgehead atoms. The molecule has 0 spiro atoms. The maximum Gasteiger partial charge on any atom is 0.263 e. The predicted octanol–water partition coefficient (Wildman–Crippen LogP) is 2.85. The number of ether oxygens (including phenoxy) is 1. The van der Waals surface area contributed by atoms with Crippen LogP contribution in [0.4, 0.5) is 0 Å². The number of carbonyl (C=O) groups is 1. The zero-order valence-electron chi connectivity index (χ0n) is 16.2. The molecule has 5 rings (SSSR count). The highest BCUT2D eigenvalue weighted by Crippen LogP contribution is 2.58. The molecule has 154 valence electrons. The number of primary sulfonamides is 1. The van der Waals surface area contributed by atoms with Crippen LogP contribution in [0, 0.1) is 17.8 Å². The second kappa shape index (κ2) is 6.61. The van der Waals surface area contributed by atoms with E-state index in [1.54, 1.807) is 38.1 Å². The van der Waals surface area contributed by atoms with E-state index in [1.165, 1.54) is 0 Å². The highest BCUT2D eigenvalue weighted by atomic mass is 35.5. The van der Waals surface area contributed by atoms with Crippen LogP contribution in [0.2, 0.25) is 5.02 Å². The van der Waals surface area contributed by atoms with E-state index in [4.69, 9.17) is 21.5 Å². The Balaban J connectivity index is 1.47. The highest BCUT2D eigenvalue weighted by Gasteiger charge is 2.60. The van der Waals surface area contributed by atoms with Crippen molar-refractivity contribution in [3.8, 4) is 5.75 Å². The van der Waals surface area contributed by atoms with Gasteiger partial charge in [0, 0.05) is 11.1 Å². The number of rotatable bonds is 5. The van der Waals surface area contributed by atoms with Gasteiger partial charge in [0.15, 0.2) is 5.60 Å². The van der Waals surface area contributed by atoms with Crippen molar-refractivity contribution in [2.75, 3.05) is 0 Å². The maximum absolute atomic E-state index is 13.0. The lowest BCUT2D eigenvalue weighted by atomic mass is 9.53. The molecule has 28 heavy (non-hydrogen) atoms. The van der Waals surface area contributed by atoms with Gasteiger partial charge in [-0.3, -0.25) is 4.79 Å². The summed E-state index contributed by atoms with van der Waals surface area (Å²) in [5, 5.41) is 9.38. The summed E-state index contributed by atoms with van der Waals surface area (Å²) in [6, 6.07) is 6.88. The van der Waals surface area contributed by atoms with Crippen LogP contribution in [0.5, 0.6) is 5.75 Å². The fraction of sp³-hybridized carbons (Fsp3) is 0.650. The molecule has 4 fully saturated rings. The Kier molecular flexibility index (Phi) is 4.71. The number of hydrogen-bond donors (Lipinski definition) is 2. The van der Waals surface area contributed by atoms with Gasteiger partial charge in [0.05, 0.1) is 4.75 Å². The van der Waals surface area contributed by atoms with E-state index in [9.17, 15) is 13.2 Å². The quantitative estimate of drug-likeness (QED) is 0.756. The number of hydrogen-bond acceptors (Lipinski definition) is 4. The predicted molar refractivity (Wildman–Crippen MR) is 107 cm³/mol. The Morgan fingerprint density at radius 2 is 1.75 bits per heavy atom. The van der Waals surface area contributed by atoms with Crippen molar-refractivity contribution in [2.45, 2.75) is 62.3 Å². The molecule has 4 aliphatic carbocycles. The molecule has 0 radical (unpaired) electrons. The lowest BCUT2D eigenvalue weighted by molar-refractivity contribution is -0.137. The first kappa shape index (κ1) is 20.0. The van der Waals surface area contributed by atoms with E-state index in [2.05, 4.69) is 5.32 Å². The molecule has 3 N–H and O–H groups in total. The van der Waals surface area contributed by atoms with Crippen LogP contribution in [0.3, 0.4) is 0 Å². The second-order valence-electron chi connectivity index (χ2n) is 9.26. The third-order valence-corrected chi connectivity index (χ3v) is 8.81. The Morgan fingerprint density at radius 1 is 1.18 bits per heavy atom. The highest BCUT2D eigenvalue weighted by molar-refractivity contribution is 7.90. The fourth-order valence-corrected chi connectivity index (χ4v) is 7.19. The molecule has 0 saturated heterocycles. The molecule has 0 aliphatic heterocycles. The largest absolute Gasteiger partial charge is 0.478 e. The van der Waals surface area contributed by atoms with E-state index < -0.39 is 20.4 Å².